The van der Waals surface area contributed by atoms with Crippen molar-refractivity contribution in [3.8, 4) is 11.1 Å². The molecule has 138 valence electrons. The number of benzene rings is 2. The van der Waals surface area contributed by atoms with Gasteiger partial charge < -0.3 is 14.7 Å². The van der Waals surface area contributed by atoms with Gasteiger partial charge in [-0.2, -0.15) is 0 Å². The number of halogens is 1. The summed E-state index contributed by atoms with van der Waals surface area (Å²) >= 11 is 0. The number of rotatable bonds is 5. The van der Waals surface area contributed by atoms with E-state index in [1.807, 2.05) is 36.4 Å². The minimum absolute atomic E-state index is 0.275. The fourth-order valence-corrected chi connectivity index (χ4v) is 2.57. The van der Waals surface area contributed by atoms with Crippen molar-refractivity contribution < 1.29 is 8.91 Å². The molecule has 0 spiro atoms. The normalized spacial score (nSPS) is 10.5. The van der Waals surface area contributed by atoms with Crippen LogP contribution in [-0.2, 0) is 6.54 Å². The molecule has 0 bridgehead atoms. The van der Waals surface area contributed by atoms with Crippen molar-refractivity contribution in [3.63, 3.8) is 0 Å². The Hall–Kier alpha value is -3.41. The molecule has 0 atom stereocenters. The average molecular weight is 364 g/mol. The predicted octanol–water partition coefficient (Wildman–Crippen LogP) is 4.13. The summed E-state index contributed by atoms with van der Waals surface area (Å²) in [5.74, 6) is 0.424. The molecule has 0 saturated heterocycles. The first-order valence-corrected chi connectivity index (χ1v) is 8.45. The van der Waals surface area contributed by atoms with Crippen LogP contribution < -0.4 is 5.32 Å². The summed E-state index contributed by atoms with van der Waals surface area (Å²) in [5, 5.41) is 14.6. The van der Waals surface area contributed by atoms with E-state index in [0.717, 1.165) is 5.56 Å². The van der Waals surface area contributed by atoms with Gasteiger partial charge in [0.2, 0.25) is 0 Å². The number of nitrogens with zero attached hydrogens (tertiary/aromatic N) is 2. The van der Waals surface area contributed by atoms with Crippen LogP contribution in [0, 0.1) is 11.2 Å². The quantitative estimate of drug-likeness (QED) is 0.528. The Bertz CT molecular complexity index is 963. The summed E-state index contributed by atoms with van der Waals surface area (Å²) in [6.45, 7) is 4.36. The van der Waals surface area contributed by atoms with E-state index >= 15 is 0 Å². The minimum Gasteiger partial charge on any atom is -0.356 e. The van der Waals surface area contributed by atoms with Crippen molar-refractivity contribution in [2.75, 3.05) is 14.1 Å². The number of guanidine groups is 1. The van der Waals surface area contributed by atoms with Gasteiger partial charge in [0.05, 0.1) is 6.54 Å². The van der Waals surface area contributed by atoms with Gasteiger partial charge >= 0.3 is 0 Å². The Morgan fingerprint density at radius 3 is 2.59 bits per heavy atom. The molecule has 0 aliphatic carbocycles. The maximum Gasteiger partial charge on any atom is 0.190 e. The molecule has 1 aromatic heterocycles. The summed E-state index contributed by atoms with van der Waals surface area (Å²) in [5.41, 5.74) is 3.18. The van der Waals surface area contributed by atoms with Crippen LogP contribution in [0.5, 0.6) is 0 Å². The molecular weight excluding hydrogens is 343 g/mol. The van der Waals surface area contributed by atoms with Gasteiger partial charge in [0.1, 0.15) is 11.5 Å². The first-order chi connectivity index (χ1) is 13.0. The molecule has 0 aliphatic heterocycles. The van der Waals surface area contributed by atoms with Gasteiger partial charge in [0.25, 0.3) is 0 Å². The standard InChI is InChI=1S/C21H21FN4O/c1-14(20-12-17(25-27-20)13-24-21(23)26(2)3)16-9-10-18(19(22)11-16)15-7-5-4-6-8-15/h4-12H,1,13H2,2-3H3,(H2,23,24). The monoisotopic (exact) mass is 364 g/mol. The molecule has 27 heavy (non-hydrogen) atoms. The second-order valence-corrected chi connectivity index (χ2v) is 6.32. The van der Waals surface area contributed by atoms with E-state index in [-0.39, 0.29) is 11.8 Å². The zero-order valence-corrected chi connectivity index (χ0v) is 15.3. The Morgan fingerprint density at radius 1 is 1.19 bits per heavy atom. The SMILES string of the molecule is C=C(c1ccc(-c2ccccc2)c(F)c1)c1cc(CNC(=N)N(C)C)no1. The molecule has 0 aliphatic rings. The number of nitrogens with one attached hydrogen (secondary N) is 2. The van der Waals surface area contributed by atoms with Crippen LogP contribution in [0.15, 0.2) is 65.7 Å². The maximum absolute atomic E-state index is 14.6. The zero-order valence-electron chi connectivity index (χ0n) is 15.3. The fourth-order valence-electron chi connectivity index (χ4n) is 2.57. The van der Waals surface area contributed by atoms with Crippen molar-refractivity contribution in [1.29, 1.82) is 5.41 Å². The maximum atomic E-state index is 14.6. The summed E-state index contributed by atoms with van der Waals surface area (Å²) in [4.78, 5) is 1.65. The highest BCUT2D eigenvalue weighted by atomic mass is 19.1. The highest BCUT2D eigenvalue weighted by Gasteiger charge is 2.13. The highest BCUT2D eigenvalue weighted by molar-refractivity contribution is 5.78. The fraction of sp³-hybridized carbons (Fsp3) is 0.143. The van der Waals surface area contributed by atoms with Crippen LogP contribution in [0.2, 0.25) is 0 Å². The number of hydrogen-bond acceptors (Lipinski definition) is 3. The van der Waals surface area contributed by atoms with Crippen LogP contribution in [0.1, 0.15) is 17.0 Å². The molecule has 3 rings (SSSR count). The van der Waals surface area contributed by atoms with Gasteiger partial charge in [0, 0.05) is 31.3 Å². The molecule has 1 heterocycles. The van der Waals surface area contributed by atoms with Gasteiger partial charge in [-0.3, -0.25) is 5.41 Å². The Balaban J connectivity index is 1.75. The van der Waals surface area contributed by atoms with Crippen molar-refractivity contribution in [3.05, 3.63) is 84.0 Å². The Morgan fingerprint density at radius 2 is 1.93 bits per heavy atom. The molecule has 0 saturated carbocycles. The lowest BCUT2D eigenvalue weighted by molar-refractivity contribution is 0.402. The zero-order chi connectivity index (χ0) is 19.4. The van der Waals surface area contributed by atoms with Gasteiger partial charge in [-0.15, -0.1) is 0 Å². The lowest BCUT2D eigenvalue weighted by atomic mass is 9.99. The molecular formula is C21H21FN4O. The molecule has 3 aromatic rings. The van der Waals surface area contributed by atoms with Crippen molar-refractivity contribution in [1.82, 2.24) is 15.4 Å². The van der Waals surface area contributed by atoms with E-state index in [9.17, 15) is 4.39 Å². The summed E-state index contributed by atoms with van der Waals surface area (Å²) in [7, 11) is 3.55. The molecule has 0 fully saturated rings. The molecule has 0 unspecified atom stereocenters. The van der Waals surface area contributed by atoms with E-state index in [2.05, 4.69) is 17.1 Å². The van der Waals surface area contributed by atoms with Gasteiger partial charge in [-0.25, -0.2) is 4.39 Å². The molecule has 6 heteroatoms. The Kier molecular flexibility index (Phi) is 5.35. The topological polar surface area (TPSA) is 65.2 Å². The van der Waals surface area contributed by atoms with Crippen LogP contribution in [0.4, 0.5) is 4.39 Å². The van der Waals surface area contributed by atoms with E-state index in [4.69, 9.17) is 9.93 Å². The molecule has 2 N–H and O–H groups in total. The largest absolute Gasteiger partial charge is 0.356 e. The van der Waals surface area contributed by atoms with Gasteiger partial charge in [0.15, 0.2) is 11.7 Å². The van der Waals surface area contributed by atoms with E-state index < -0.39 is 0 Å². The van der Waals surface area contributed by atoms with Crippen LogP contribution in [-0.4, -0.2) is 30.1 Å². The summed E-state index contributed by atoms with van der Waals surface area (Å²) in [6.07, 6.45) is 0. The van der Waals surface area contributed by atoms with E-state index in [1.54, 1.807) is 31.1 Å². The second-order valence-electron chi connectivity index (χ2n) is 6.32. The van der Waals surface area contributed by atoms with Crippen molar-refractivity contribution in [2.24, 2.45) is 0 Å². The third-order valence-corrected chi connectivity index (χ3v) is 4.14. The predicted molar refractivity (Wildman–Crippen MR) is 105 cm³/mol. The molecule has 0 radical (unpaired) electrons. The van der Waals surface area contributed by atoms with Crippen molar-refractivity contribution in [2.45, 2.75) is 6.54 Å². The molecule has 0 amide bonds. The lowest BCUT2D eigenvalue weighted by Crippen LogP contribution is -2.34. The van der Waals surface area contributed by atoms with Crippen molar-refractivity contribution >= 4 is 11.5 Å². The van der Waals surface area contributed by atoms with E-state index in [0.29, 0.717) is 34.7 Å². The van der Waals surface area contributed by atoms with Gasteiger partial charge in [-0.1, -0.05) is 54.2 Å². The average Bonchev–Trinajstić information content (AvgIpc) is 3.15. The third-order valence-electron chi connectivity index (χ3n) is 4.14. The van der Waals surface area contributed by atoms with Crippen LogP contribution >= 0.6 is 0 Å². The smallest absolute Gasteiger partial charge is 0.190 e. The first-order valence-electron chi connectivity index (χ1n) is 8.45. The minimum atomic E-state index is -0.319. The lowest BCUT2D eigenvalue weighted by Gasteiger charge is -2.13. The molecule has 2 aromatic carbocycles. The van der Waals surface area contributed by atoms with E-state index in [1.165, 1.54) is 6.07 Å². The summed E-state index contributed by atoms with van der Waals surface area (Å²) in [6, 6.07) is 16.1. The Labute approximate surface area is 157 Å². The number of hydrogen-bond donors (Lipinski definition) is 2. The van der Waals surface area contributed by atoms with Crippen LogP contribution in [0.25, 0.3) is 16.7 Å². The first kappa shape index (κ1) is 18.4. The highest BCUT2D eigenvalue weighted by Crippen LogP contribution is 2.28. The molecule has 5 nitrogen and oxygen atoms in total. The summed E-state index contributed by atoms with van der Waals surface area (Å²) < 4.78 is 19.9. The second kappa shape index (κ2) is 7.86. The van der Waals surface area contributed by atoms with Gasteiger partial charge in [-0.05, 0) is 17.2 Å². The van der Waals surface area contributed by atoms with Crippen LogP contribution in [0.3, 0.4) is 0 Å². The number of aromatic nitrogens is 1. The third kappa shape index (κ3) is 4.23.